The van der Waals surface area contributed by atoms with Gasteiger partial charge in [-0.05, 0) is 60.0 Å². The van der Waals surface area contributed by atoms with Crippen LogP contribution in [-0.2, 0) is 0 Å². The van der Waals surface area contributed by atoms with Gasteiger partial charge >= 0.3 is 0 Å². The number of fused-ring (bicyclic) bond motifs is 1. The van der Waals surface area contributed by atoms with Crippen LogP contribution in [-0.4, -0.2) is 4.98 Å². The topological polar surface area (TPSA) is 12.9 Å². The standard InChI is InChI=1S/C24H21N/c1-16-8-4-6-10-20(16)22-13-12-19-14-15-25-24(23(19)18(22)3)21-11-7-5-9-17(21)2/h4-15H,1-3H3. The summed E-state index contributed by atoms with van der Waals surface area (Å²) in [6.07, 6.45) is 1.91. The second kappa shape index (κ2) is 6.18. The lowest BCUT2D eigenvalue weighted by atomic mass is 9.90. The van der Waals surface area contributed by atoms with Crippen LogP contribution in [0.4, 0.5) is 0 Å². The molecule has 1 nitrogen and oxygen atoms in total. The predicted molar refractivity (Wildman–Crippen MR) is 107 cm³/mol. The SMILES string of the molecule is Cc1ccccc1-c1ccc2ccnc(-c3ccccc3C)c2c1C. The number of hydrogen-bond acceptors (Lipinski definition) is 1. The van der Waals surface area contributed by atoms with Gasteiger partial charge in [0.25, 0.3) is 0 Å². The maximum atomic E-state index is 4.76. The Bertz CT molecular complexity index is 1080. The molecule has 0 fully saturated rings. The molecule has 4 rings (SSSR count). The molecule has 3 aromatic carbocycles. The zero-order valence-corrected chi connectivity index (χ0v) is 14.9. The van der Waals surface area contributed by atoms with Crippen LogP contribution in [0.25, 0.3) is 33.2 Å². The molecule has 0 aliphatic heterocycles. The van der Waals surface area contributed by atoms with Crippen LogP contribution in [0.3, 0.4) is 0 Å². The predicted octanol–water partition coefficient (Wildman–Crippen LogP) is 6.49. The highest BCUT2D eigenvalue weighted by Crippen LogP contribution is 2.36. The average molecular weight is 323 g/mol. The van der Waals surface area contributed by atoms with Gasteiger partial charge < -0.3 is 0 Å². The van der Waals surface area contributed by atoms with Crippen molar-refractivity contribution in [3.05, 3.63) is 89.6 Å². The molecule has 0 bridgehead atoms. The quantitative estimate of drug-likeness (QED) is 0.410. The number of hydrogen-bond donors (Lipinski definition) is 0. The summed E-state index contributed by atoms with van der Waals surface area (Å²) in [5.74, 6) is 0. The highest BCUT2D eigenvalue weighted by molar-refractivity contribution is 6.01. The van der Waals surface area contributed by atoms with Gasteiger partial charge in [0.1, 0.15) is 0 Å². The molecule has 0 aliphatic rings. The Morgan fingerprint density at radius 3 is 1.92 bits per heavy atom. The van der Waals surface area contributed by atoms with E-state index in [0.29, 0.717) is 0 Å². The van der Waals surface area contributed by atoms with E-state index in [-0.39, 0.29) is 0 Å². The smallest absolute Gasteiger partial charge is 0.0785 e. The van der Waals surface area contributed by atoms with E-state index in [2.05, 4.69) is 87.5 Å². The normalized spacial score (nSPS) is 11.0. The molecule has 4 aromatic rings. The maximum absolute atomic E-state index is 4.76. The molecule has 0 unspecified atom stereocenters. The van der Waals surface area contributed by atoms with Crippen LogP contribution in [0.1, 0.15) is 16.7 Å². The third-order valence-corrected chi connectivity index (χ3v) is 5.03. The van der Waals surface area contributed by atoms with Gasteiger partial charge in [-0.15, -0.1) is 0 Å². The first-order valence-corrected chi connectivity index (χ1v) is 8.67. The third kappa shape index (κ3) is 2.62. The molecule has 1 aromatic heterocycles. The van der Waals surface area contributed by atoms with Crippen LogP contribution in [0, 0.1) is 20.8 Å². The molecule has 0 aliphatic carbocycles. The average Bonchev–Trinajstić information content (AvgIpc) is 2.63. The van der Waals surface area contributed by atoms with Crippen LogP contribution in [0.5, 0.6) is 0 Å². The minimum atomic E-state index is 1.07. The Morgan fingerprint density at radius 1 is 0.600 bits per heavy atom. The van der Waals surface area contributed by atoms with E-state index in [9.17, 15) is 0 Å². The number of pyridine rings is 1. The first kappa shape index (κ1) is 15.6. The summed E-state index contributed by atoms with van der Waals surface area (Å²) in [5.41, 5.74) is 8.70. The van der Waals surface area contributed by atoms with E-state index in [1.54, 1.807) is 0 Å². The molecule has 1 heterocycles. The largest absolute Gasteiger partial charge is 0.256 e. The summed E-state index contributed by atoms with van der Waals surface area (Å²) >= 11 is 0. The minimum absolute atomic E-state index is 1.07. The van der Waals surface area contributed by atoms with E-state index >= 15 is 0 Å². The summed E-state index contributed by atoms with van der Waals surface area (Å²) < 4.78 is 0. The van der Waals surface area contributed by atoms with Crippen molar-refractivity contribution < 1.29 is 0 Å². The molecule has 0 spiro atoms. The second-order valence-corrected chi connectivity index (χ2v) is 6.63. The number of aryl methyl sites for hydroxylation is 3. The van der Waals surface area contributed by atoms with Crippen molar-refractivity contribution in [3.8, 4) is 22.4 Å². The number of rotatable bonds is 2. The number of aromatic nitrogens is 1. The van der Waals surface area contributed by atoms with E-state index in [0.717, 1.165) is 5.69 Å². The lowest BCUT2D eigenvalue weighted by molar-refractivity contribution is 1.32. The zero-order chi connectivity index (χ0) is 17.4. The van der Waals surface area contributed by atoms with Crippen molar-refractivity contribution in [1.82, 2.24) is 4.98 Å². The molecule has 0 atom stereocenters. The molecule has 0 saturated heterocycles. The fourth-order valence-electron chi connectivity index (χ4n) is 3.65. The highest BCUT2D eigenvalue weighted by Gasteiger charge is 2.13. The maximum Gasteiger partial charge on any atom is 0.0785 e. The van der Waals surface area contributed by atoms with Crippen molar-refractivity contribution in [2.75, 3.05) is 0 Å². The number of nitrogens with zero attached hydrogens (tertiary/aromatic N) is 1. The summed E-state index contributed by atoms with van der Waals surface area (Å²) in [6.45, 7) is 6.54. The Balaban J connectivity index is 2.06. The van der Waals surface area contributed by atoms with E-state index in [1.807, 2.05) is 6.20 Å². The fraction of sp³-hybridized carbons (Fsp3) is 0.125. The molecule has 0 N–H and O–H groups in total. The van der Waals surface area contributed by atoms with Crippen molar-refractivity contribution in [3.63, 3.8) is 0 Å². The number of benzene rings is 3. The summed E-state index contributed by atoms with van der Waals surface area (Å²) in [7, 11) is 0. The monoisotopic (exact) mass is 323 g/mol. The van der Waals surface area contributed by atoms with Crippen molar-refractivity contribution in [2.24, 2.45) is 0 Å². The van der Waals surface area contributed by atoms with E-state index < -0.39 is 0 Å². The van der Waals surface area contributed by atoms with Gasteiger partial charge in [0.2, 0.25) is 0 Å². The third-order valence-electron chi connectivity index (χ3n) is 5.03. The molecular formula is C24H21N. The van der Waals surface area contributed by atoms with Crippen molar-refractivity contribution in [2.45, 2.75) is 20.8 Å². The van der Waals surface area contributed by atoms with E-state index in [1.165, 1.54) is 44.2 Å². The van der Waals surface area contributed by atoms with Gasteiger partial charge in [-0.25, -0.2) is 0 Å². The van der Waals surface area contributed by atoms with Gasteiger partial charge in [-0.2, -0.15) is 0 Å². The Morgan fingerprint density at radius 2 is 1.24 bits per heavy atom. The van der Waals surface area contributed by atoms with Crippen LogP contribution in [0.2, 0.25) is 0 Å². The summed E-state index contributed by atoms with van der Waals surface area (Å²) in [4.78, 5) is 4.76. The fourth-order valence-corrected chi connectivity index (χ4v) is 3.65. The van der Waals surface area contributed by atoms with Crippen LogP contribution < -0.4 is 0 Å². The lowest BCUT2D eigenvalue weighted by Gasteiger charge is -2.15. The molecule has 122 valence electrons. The van der Waals surface area contributed by atoms with Crippen molar-refractivity contribution >= 4 is 10.8 Å². The second-order valence-electron chi connectivity index (χ2n) is 6.63. The first-order valence-electron chi connectivity index (χ1n) is 8.67. The molecule has 0 amide bonds. The minimum Gasteiger partial charge on any atom is -0.256 e. The van der Waals surface area contributed by atoms with Crippen LogP contribution >= 0.6 is 0 Å². The van der Waals surface area contributed by atoms with Crippen molar-refractivity contribution in [1.29, 1.82) is 0 Å². The van der Waals surface area contributed by atoms with Gasteiger partial charge in [-0.3, -0.25) is 4.98 Å². The zero-order valence-electron chi connectivity index (χ0n) is 14.9. The molecule has 1 heteroatoms. The Hall–Kier alpha value is -2.93. The van der Waals surface area contributed by atoms with Crippen LogP contribution in [0.15, 0.2) is 72.9 Å². The molecular weight excluding hydrogens is 302 g/mol. The summed E-state index contributed by atoms with van der Waals surface area (Å²) in [5, 5.41) is 2.49. The van der Waals surface area contributed by atoms with Gasteiger partial charge in [0.15, 0.2) is 0 Å². The van der Waals surface area contributed by atoms with E-state index in [4.69, 9.17) is 4.98 Å². The molecule has 0 saturated carbocycles. The Labute approximate surface area is 149 Å². The summed E-state index contributed by atoms with van der Waals surface area (Å²) in [6, 6.07) is 23.6. The Kier molecular flexibility index (Phi) is 3.85. The van der Waals surface area contributed by atoms with Gasteiger partial charge in [0, 0.05) is 17.1 Å². The first-order chi connectivity index (χ1) is 12.2. The lowest BCUT2D eigenvalue weighted by Crippen LogP contribution is -1.94. The molecule has 0 radical (unpaired) electrons. The highest BCUT2D eigenvalue weighted by atomic mass is 14.7. The van der Waals surface area contributed by atoms with Gasteiger partial charge in [0.05, 0.1) is 5.69 Å². The van der Waals surface area contributed by atoms with Gasteiger partial charge in [-0.1, -0.05) is 60.7 Å². The molecule has 25 heavy (non-hydrogen) atoms.